The second-order valence-corrected chi connectivity index (χ2v) is 8.11. The summed E-state index contributed by atoms with van der Waals surface area (Å²) in [6.45, 7) is 1.85. The molecule has 186 valence electrons. The van der Waals surface area contributed by atoms with Crippen LogP contribution in [0.1, 0.15) is 22.7 Å². The summed E-state index contributed by atoms with van der Waals surface area (Å²) < 4.78 is 21.9. The van der Waals surface area contributed by atoms with E-state index in [4.69, 9.17) is 18.9 Å². The van der Waals surface area contributed by atoms with Crippen molar-refractivity contribution in [2.45, 2.75) is 13.0 Å². The van der Waals surface area contributed by atoms with Gasteiger partial charge in [0, 0.05) is 5.69 Å². The maximum atomic E-state index is 13.5. The maximum Gasteiger partial charge on any atom is 0.300 e. The highest BCUT2D eigenvalue weighted by Crippen LogP contribution is 2.48. The van der Waals surface area contributed by atoms with E-state index in [1.807, 2.05) is 19.1 Å². The van der Waals surface area contributed by atoms with Gasteiger partial charge in [-0.05, 0) is 48.4 Å². The fraction of sp³-hybridized carbons (Fsp3) is 0.214. The Labute approximate surface area is 209 Å². The molecule has 0 saturated carbocycles. The number of para-hydroxylation sites is 2. The van der Waals surface area contributed by atoms with E-state index < -0.39 is 17.7 Å². The summed E-state index contributed by atoms with van der Waals surface area (Å²) in [6, 6.07) is 16.3. The zero-order valence-corrected chi connectivity index (χ0v) is 20.7. The molecule has 0 bridgehead atoms. The number of benzene rings is 3. The fourth-order valence-corrected chi connectivity index (χ4v) is 4.47. The van der Waals surface area contributed by atoms with E-state index in [-0.39, 0.29) is 11.3 Å². The van der Waals surface area contributed by atoms with Crippen molar-refractivity contribution in [1.82, 2.24) is 0 Å². The number of aliphatic hydroxyl groups is 1. The van der Waals surface area contributed by atoms with Gasteiger partial charge in [0.25, 0.3) is 11.7 Å². The first-order valence-corrected chi connectivity index (χ1v) is 11.2. The molecule has 1 atom stereocenters. The van der Waals surface area contributed by atoms with Crippen molar-refractivity contribution in [1.29, 1.82) is 0 Å². The van der Waals surface area contributed by atoms with Crippen molar-refractivity contribution >= 4 is 23.1 Å². The monoisotopic (exact) mass is 489 g/mol. The van der Waals surface area contributed by atoms with Crippen LogP contribution in [0.3, 0.4) is 0 Å². The lowest BCUT2D eigenvalue weighted by atomic mass is 9.94. The van der Waals surface area contributed by atoms with Gasteiger partial charge >= 0.3 is 0 Å². The number of anilines is 1. The van der Waals surface area contributed by atoms with Gasteiger partial charge in [-0.3, -0.25) is 14.5 Å². The third kappa shape index (κ3) is 4.00. The summed E-state index contributed by atoms with van der Waals surface area (Å²) in [5.41, 5.74) is 2.03. The fourth-order valence-electron chi connectivity index (χ4n) is 4.47. The molecule has 0 spiro atoms. The minimum atomic E-state index is -0.982. The van der Waals surface area contributed by atoms with E-state index in [1.54, 1.807) is 48.5 Å². The van der Waals surface area contributed by atoms with Gasteiger partial charge in [0.05, 0.1) is 45.6 Å². The van der Waals surface area contributed by atoms with Gasteiger partial charge in [0.1, 0.15) is 11.5 Å². The average molecular weight is 490 g/mol. The van der Waals surface area contributed by atoms with Gasteiger partial charge in [-0.1, -0.05) is 30.3 Å². The number of rotatable bonds is 7. The van der Waals surface area contributed by atoms with Crippen LogP contribution in [0, 0.1) is 6.92 Å². The number of carbonyl (C=O) groups is 2. The van der Waals surface area contributed by atoms with Crippen molar-refractivity contribution in [3.8, 4) is 23.0 Å². The minimum absolute atomic E-state index is 0.0815. The van der Waals surface area contributed by atoms with E-state index in [0.29, 0.717) is 39.8 Å². The van der Waals surface area contributed by atoms with Gasteiger partial charge in [-0.15, -0.1) is 0 Å². The molecule has 1 aliphatic heterocycles. The van der Waals surface area contributed by atoms with Crippen LogP contribution in [0.5, 0.6) is 23.0 Å². The molecule has 36 heavy (non-hydrogen) atoms. The Balaban J connectivity index is 2.06. The summed E-state index contributed by atoms with van der Waals surface area (Å²) in [4.78, 5) is 28.4. The Kier molecular flexibility index (Phi) is 6.87. The molecule has 0 radical (unpaired) electrons. The molecule has 1 N–H and O–H groups in total. The van der Waals surface area contributed by atoms with Crippen molar-refractivity contribution in [2.24, 2.45) is 0 Å². The first-order chi connectivity index (χ1) is 17.4. The van der Waals surface area contributed by atoms with Crippen LogP contribution < -0.4 is 23.8 Å². The standard InChI is InChI=1S/C28H27NO7/c1-16-10-6-8-12-19(16)29-24(17-14-21(34-3)27(36-5)22(15-17)35-4)23(26(31)28(29)32)25(30)18-11-7-9-13-20(18)33-2/h6-15,24,30H,1-5H3/b25-23+. The van der Waals surface area contributed by atoms with Crippen LogP contribution >= 0.6 is 0 Å². The first-order valence-electron chi connectivity index (χ1n) is 11.2. The second-order valence-electron chi connectivity index (χ2n) is 8.11. The lowest BCUT2D eigenvalue weighted by molar-refractivity contribution is -0.132. The van der Waals surface area contributed by atoms with Crippen molar-refractivity contribution < 1.29 is 33.6 Å². The summed E-state index contributed by atoms with van der Waals surface area (Å²) in [6.07, 6.45) is 0. The second kappa shape index (κ2) is 10.0. The molecule has 1 heterocycles. The molecule has 1 aliphatic rings. The number of nitrogens with zero attached hydrogens (tertiary/aromatic N) is 1. The predicted octanol–water partition coefficient (Wildman–Crippen LogP) is 4.66. The molecule has 1 unspecified atom stereocenters. The number of methoxy groups -OCH3 is 4. The van der Waals surface area contributed by atoms with Gasteiger partial charge in [0.15, 0.2) is 11.5 Å². The molecule has 1 saturated heterocycles. The number of hydrogen-bond donors (Lipinski definition) is 1. The number of Topliss-reactive ketones (excluding diaryl/α,β-unsaturated/α-hetero) is 1. The zero-order valence-electron chi connectivity index (χ0n) is 20.7. The molecule has 8 nitrogen and oxygen atoms in total. The van der Waals surface area contributed by atoms with Crippen LogP contribution in [0.2, 0.25) is 0 Å². The van der Waals surface area contributed by atoms with E-state index in [2.05, 4.69) is 0 Å². The number of amides is 1. The molecule has 0 aromatic heterocycles. The summed E-state index contributed by atoms with van der Waals surface area (Å²) in [7, 11) is 5.91. The number of carbonyl (C=O) groups excluding carboxylic acids is 2. The summed E-state index contributed by atoms with van der Waals surface area (Å²) in [5.74, 6) is -0.512. The van der Waals surface area contributed by atoms with Crippen molar-refractivity contribution in [3.63, 3.8) is 0 Å². The lowest BCUT2D eigenvalue weighted by Gasteiger charge is -2.27. The van der Waals surface area contributed by atoms with Crippen LogP contribution in [0.4, 0.5) is 5.69 Å². The van der Waals surface area contributed by atoms with Crippen LogP contribution in [-0.2, 0) is 9.59 Å². The molecule has 1 fully saturated rings. The van der Waals surface area contributed by atoms with Crippen LogP contribution in [0.15, 0.2) is 66.2 Å². The first kappa shape index (κ1) is 24.7. The van der Waals surface area contributed by atoms with Crippen LogP contribution in [-0.4, -0.2) is 45.2 Å². The molecule has 1 amide bonds. The number of aliphatic hydroxyl groups excluding tert-OH is 1. The zero-order chi connectivity index (χ0) is 26.0. The number of ketones is 1. The highest BCUT2D eigenvalue weighted by atomic mass is 16.5. The highest BCUT2D eigenvalue weighted by Gasteiger charge is 2.48. The molecule has 3 aromatic carbocycles. The minimum Gasteiger partial charge on any atom is -0.507 e. The Bertz CT molecular complexity index is 1340. The van der Waals surface area contributed by atoms with Crippen molar-refractivity contribution in [2.75, 3.05) is 33.3 Å². The van der Waals surface area contributed by atoms with Crippen LogP contribution in [0.25, 0.3) is 5.76 Å². The molecular weight excluding hydrogens is 462 g/mol. The molecule has 4 rings (SSSR count). The summed E-state index contributed by atoms with van der Waals surface area (Å²) in [5, 5.41) is 11.5. The summed E-state index contributed by atoms with van der Waals surface area (Å²) >= 11 is 0. The SMILES string of the molecule is COc1ccccc1/C(O)=C1\C(=O)C(=O)N(c2ccccc2C)C1c1cc(OC)c(OC)c(OC)c1. The number of aryl methyl sites for hydroxylation is 1. The maximum absolute atomic E-state index is 13.5. The van der Waals surface area contributed by atoms with Gasteiger partial charge in [-0.25, -0.2) is 0 Å². The highest BCUT2D eigenvalue weighted by molar-refractivity contribution is 6.51. The Morgan fingerprint density at radius 1 is 0.806 bits per heavy atom. The van der Waals surface area contributed by atoms with Gasteiger partial charge < -0.3 is 24.1 Å². The number of ether oxygens (including phenoxy) is 4. The quantitative estimate of drug-likeness (QED) is 0.293. The third-order valence-corrected chi connectivity index (χ3v) is 6.18. The van der Waals surface area contributed by atoms with E-state index in [9.17, 15) is 14.7 Å². The third-order valence-electron chi connectivity index (χ3n) is 6.18. The largest absolute Gasteiger partial charge is 0.507 e. The Morgan fingerprint density at radius 2 is 1.39 bits per heavy atom. The van der Waals surface area contributed by atoms with Gasteiger partial charge in [-0.2, -0.15) is 0 Å². The molecule has 0 aliphatic carbocycles. The van der Waals surface area contributed by atoms with Gasteiger partial charge in [0.2, 0.25) is 5.75 Å². The Morgan fingerprint density at radius 3 is 1.97 bits per heavy atom. The smallest absolute Gasteiger partial charge is 0.300 e. The predicted molar refractivity (Wildman–Crippen MR) is 135 cm³/mol. The Hall–Kier alpha value is -4.46. The molecular formula is C28H27NO7. The average Bonchev–Trinajstić information content (AvgIpc) is 3.17. The van der Waals surface area contributed by atoms with E-state index >= 15 is 0 Å². The van der Waals surface area contributed by atoms with E-state index in [0.717, 1.165) is 5.56 Å². The molecule has 3 aromatic rings. The van der Waals surface area contributed by atoms with E-state index in [1.165, 1.54) is 33.3 Å². The topological polar surface area (TPSA) is 94.5 Å². The lowest BCUT2D eigenvalue weighted by Crippen LogP contribution is -2.30. The number of hydrogen-bond acceptors (Lipinski definition) is 7. The van der Waals surface area contributed by atoms with Crippen molar-refractivity contribution in [3.05, 3.63) is 82.9 Å². The molecule has 8 heteroatoms. The normalized spacial score (nSPS) is 16.7.